The molecule has 0 bridgehead atoms. The van der Waals surface area contributed by atoms with Gasteiger partial charge < -0.3 is 20.2 Å². The zero-order valence-electron chi connectivity index (χ0n) is 11.5. The molecule has 1 fully saturated rings. The number of imidazole rings is 1. The Labute approximate surface area is 125 Å². The summed E-state index contributed by atoms with van der Waals surface area (Å²) in [7, 11) is 0. The van der Waals surface area contributed by atoms with E-state index in [-0.39, 0.29) is 5.82 Å². The van der Waals surface area contributed by atoms with Crippen LogP contribution < -0.4 is 5.32 Å². The van der Waals surface area contributed by atoms with Gasteiger partial charge in [-0.1, -0.05) is 11.3 Å². The van der Waals surface area contributed by atoms with E-state index in [1.807, 2.05) is 0 Å². The molecule has 3 rings (SSSR count). The molecule has 3 heterocycles. The summed E-state index contributed by atoms with van der Waals surface area (Å²) in [5, 5.41) is 16.0. The minimum atomic E-state index is -0.392. The maximum Gasteiger partial charge on any atom is 0.372 e. The lowest BCUT2D eigenvalue weighted by molar-refractivity contribution is -0.389. The molecule has 0 saturated carbocycles. The first-order valence-electron chi connectivity index (χ1n) is 6.89. The molecular formula is C12H17N5O3S. The summed E-state index contributed by atoms with van der Waals surface area (Å²) < 4.78 is 6.81. The summed E-state index contributed by atoms with van der Waals surface area (Å²) in [6, 6.07) is 0. The number of nitrogens with one attached hydrogen (secondary N) is 1. The molecule has 2 aromatic rings. The minimum Gasteiger partial charge on any atom is -0.379 e. The first kappa shape index (κ1) is 14.2. The average molecular weight is 311 g/mol. The number of nitrogens with zero attached hydrogens (tertiary/aromatic N) is 4. The lowest BCUT2D eigenvalue weighted by Gasteiger charge is -2.26. The Morgan fingerprint density at radius 2 is 2.29 bits per heavy atom. The quantitative estimate of drug-likeness (QED) is 0.493. The van der Waals surface area contributed by atoms with Crippen molar-refractivity contribution in [1.82, 2.24) is 14.3 Å². The zero-order chi connectivity index (χ0) is 14.7. The van der Waals surface area contributed by atoms with Gasteiger partial charge in [-0.3, -0.25) is 4.90 Å². The van der Waals surface area contributed by atoms with Crippen LogP contribution in [0.3, 0.4) is 0 Å². The van der Waals surface area contributed by atoms with Gasteiger partial charge in [0.15, 0.2) is 0 Å². The van der Waals surface area contributed by atoms with Gasteiger partial charge in [0.05, 0.1) is 13.2 Å². The van der Waals surface area contributed by atoms with E-state index in [4.69, 9.17) is 4.74 Å². The fraction of sp³-hybridized carbons (Fsp3) is 0.583. The van der Waals surface area contributed by atoms with Gasteiger partial charge in [0.1, 0.15) is 6.20 Å². The van der Waals surface area contributed by atoms with Crippen molar-refractivity contribution in [2.24, 2.45) is 0 Å². The fourth-order valence-corrected chi connectivity index (χ4v) is 3.11. The van der Waals surface area contributed by atoms with E-state index in [1.54, 1.807) is 11.6 Å². The molecule has 1 N–H and O–H groups in total. The Balaban J connectivity index is 1.56. The number of rotatable bonds is 6. The first-order valence-corrected chi connectivity index (χ1v) is 7.77. The Bertz CT molecular complexity index is 619. The van der Waals surface area contributed by atoms with Gasteiger partial charge >= 0.3 is 5.82 Å². The van der Waals surface area contributed by atoms with Crippen LogP contribution in [0.5, 0.6) is 0 Å². The van der Waals surface area contributed by atoms with Gasteiger partial charge in [-0.25, -0.2) is 0 Å². The maximum atomic E-state index is 11.2. The summed E-state index contributed by atoms with van der Waals surface area (Å²) in [6.45, 7) is 5.13. The van der Waals surface area contributed by atoms with Crippen LogP contribution in [0.15, 0.2) is 11.6 Å². The fourth-order valence-electron chi connectivity index (χ4n) is 2.40. The molecule has 8 nitrogen and oxygen atoms in total. The Morgan fingerprint density at radius 1 is 1.48 bits per heavy atom. The van der Waals surface area contributed by atoms with Crippen LogP contribution in [0, 0.1) is 10.1 Å². The van der Waals surface area contributed by atoms with E-state index in [0.29, 0.717) is 17.3 Å². The smallest absolute Gasteiger partial charge is 0.372 e. The predicted molar refractivity (Wildman–Crippen MR) is 80.1 cm³/mol. The largest absolute Gasteiger partial charge is 0.379 e. The monoisotopic (exact) mass is 311 g/mol. The van der Waals surface area contributed by atoms with Crippen LogP contribution in [-0.4, -0.2) is 58.6 Å². The van der Waals surface area contributed by atoms with E-state index >= 15 is 0 Å². The number of morpholine rings is 1. The van der Waals surface area contributed by atoms with Crippen LogP contribution in [0.4, 0.5) is 11.6 Å². The summed E-state index contributed by atoms with van der Waals surface area (Å²) >= 11 is 1.39. The molecule has 1 aliphatic rings. The maximum absolute atomic E-state index is 11.2. The number of anilines is 1. The second kappa shape index (κ2) is 6.37. The van der Waals surface area contributed by atoms with E-state index in [1.165, 1.54) is 15.7 Å². The topological polar surface area (TPSA) is 84.9 Å². The molecule has 9 heteroatoms. The van der Waals surface area contributed by atoms with Crippen molar-refractivity contribution < 1.29 is 9.66 Å². The molecule has 1 aliphatic heterocycles. The Kier molecular flexibility index (Phi) is 4.32. The van der Waals surface area contributed by atoms with E-state index < -0.39 is 4.92 Å². The summed E-state index contributed by atoms with van der Waals surface area (Å²) in [5.41, 5.74) is 0. The van der Waals surface area contributed by atoms with Crippen molar-refractivity contribution in [2.45, 2.75) is 6.42 Å². The highest BCUT2D eigenvalue weighted by atomic mass is 32.1. The van der Waals surface area contributed by atoms with Gasteiger partial charge in [-0.05, 0) is 17.9 Å². The van der Waals surface area contributed by atoms with Crippen LogP contribution in [0.25, 0.3) is 4.96 Å². The Morgan fingerprint density at radius 3 is 3.05 bits per heavy atom. The molecule has 0 unspecified atom stereocenters. The SMILES string of the molecule is O=[N+]([O-])c1c(NCCCN2CCOCC2)nc2sccn12. The number of hydrogen-bond acceptors (Lipinski definition) is 7. The molecule has 0 aliphatic carbocycles. The average Bonchev–Trinajstić information content (AvgIpc) is 3.04. The van der Waals surface area contributed by atoms with Crippen molar-refractivity contribution in [3.05, 3.63) is 21.7 Å². The number of hydrogen-bond donors (Lipinski definition) is 1. The molecular weight excluding hydrogens is 294 g/mol. The number of ether oxygens (including phenoxy) is 1. The standard InChI is InChI=1S/C12H17N5O3S/c18-17(19)11-10(14-12-16(11)6-9-21-12)13-2-1-3-15-4-7-20-8-5-15/h6,9,13H,1-5,7-8H2. The highest BCUT2D eigenvalue weighted by Gasteiger charge is 2.23. The van der Waals surface area contributed by atoms with Crippen LogP contribution in [0.2, 0.25) is 0 Å². The first-order chi connectivity index (χ1) is 10.3. The Hall–Kier alpha value is -1.71. The van der Waals surface area contributed by atoms with Gasteiger partial charge in [-0.2, -0.15) is 9.38 Å². The summed E-state index contributed by atoms with van der Waals surface area (Å²) in [4.78, 5) is 18.0. The van der Waals surface area contributed by atoms with Crippen LogP contribution >= 0.6 is 11.3 Å². The number of aromatic nitrogens is 2. The number of fused-ring (bicyclic) bond motifs is 1. The number of thiazole rings is 1. The second-order valence-electron chi connectivity index (χ2n) is 4.83. The van der Waals surface area contributed by atoms with Crippen molar-refractivity contribution in [3.63, 3.8) is 0 Å². The molecule has 0 radical (unpaired) electrons. The van der Waals surface area contributed by atoms with Crippen molar-refractivity contribution in [2.75, 3.05) is 44.7 Å². The zero-order valence-corrected chi connectivity index (χ0v) is 12.3. The molecule has 114 valence electrons. The highest BCUT2D eigenvalue weighted by Crippen LogP contribution is 2.27. The highest BCUT2D eigenvalue weighted by molar-refractivity contribution is 7.15. The van der Waals surface area contributed by atoms with Crippen LogP contribution in [-0.2, 0) is 4.74 Å². The molecule has 0 amide bonds. The molecule has 1 saturated heterocycles. The molecule has 2 aromatic heterocycles. The lowest BCUT2D eigenvalue weighted by Crippen LogP contribution is -2.37. The van der Waals surface area contributed by atoms with E-state index in [0.717, 1.165) is 39.3 Å². The third-order valence-electron chi connectivity index (χ3n) is 3.46. The minimum absolute atomic E-state index is 0.0117. The van der Waals surface area contributed by atoms with Gasteiger partial charge in [0, 0.05) is 25.0 Å². The van der Waals surface area contributed by atoms with Crippen LogP contribution in [0.1, 0.15) is 6.42 Å². The normalized spacial score (nSPS) is 16.4. The molecule has 0 spiro atoms. The molecule has 0 aromatic carbocycles. The summed E-state index contributed by atoms with van der Waals surface area (Å²) in [6.07, 6.45) is 2.59. The van der Waals surface area contributed by atoms with E-state index in [2.05, 4.69) is 15.2 Å². The summed E-state index contributed by atoms with van der Waals surface area (Å²) in [5.74, 6) is 0.367. The second-order valence-corrected chi connectivity index (χ2v) is 5.70. The lowest BCUT2D eigenvalue weighted by atomic mass is 10.3. The van der Waals surface area contributed by atoms with Gasteiger partial charge in [-0.15, -0.1) is 0 Å². The van der Waals surface area contributed by atoms with E-state index in [9.17, 15) is 10.1 Å². The van der Waals surface area contributed by atoms with Crippen molar-refractivity contribution >= 4 is 27.9 Å². The molecule has 21 heavy (non-hydrogen) atoms. The third kappa shape index (κ3) is 3.14. The predicted octanol–water partition coefficient (Wildman–Crippen LogP) is 1.44. The van der Waals surface area contributed by atoms with Gasteiger partial charge in [0.2, 0.25) is 5.82 Å². The molecule has 0 atom stereocenters. The number of nitro groups is 1. The van der Waals surface area contributed by atoms with Crippen molar-refractivity contribution in [3.8, 4) is 0 Å². The van der Waals surface area contributed by atoms with Gasteiger partial charge in [0.25, 0.3) is 4.96 Å². The van der Waals surface area contributed by atoms with Crippen molar-refractivity contribution in [1.29, 1.82) is 0 Å². The third-order valence-corrected chi connectivity index (χ3v) is 4.21.